The fraction of sp³-hybridized carbons (Fsp3) is 0.0968. The van der Waals surface area contributed by atoms with Crippen molar-refractivity contribution in [3.63, 3.8) is 0 Å². The van der Waals surface area contributed by atoms with Gasteiger partial charge in [-0.05, 0) is 65.6 Å². The number of aliphatic hydroxyl groups excluding tert-OH is 1. The second-order valence-corrected chi connectivity index (χ2v) is 9.17. The summed E-state index contributed by atoms with van der Waals surface area (Å²) in [5.41, 5.74) is 6.83. The van der Waals surface area contributed by atoms with Crippen molar-refractivity contribution in [3.8, 4) is 28.1 Å². The molecule has 0 spiro atoms. The minimum atomic E-state index is -0.694. The van der Waals surface area contributed by atoms with Gasteiger partial charge >= 0.3 is 0 Å². The number of aromatic nitrogens is 5. The van der Waals surface area contributed by atoms with Crippen LogP contribution in [0.3, 0.4) is 0 Å². The highest BCUT2D eigenvalue weighted by Crippen LogP contribution is 2.31. The molecule has 0 radical (unpaired) electrons. The van der Waals surface area contributed by atoms with Gasteiger partial charge in [-0.3, -0.25) is 4.98 Å². The standard InChI is InChI=1S/C31H25N5O2/c1-20(2)31(37)24-10-6-9-22(17-24)23-11-12-25-27(18-23)32-16-15-28(25)38-19-30-34-33-29-14-13-26(35-36(29)30)21-7-4-3-5-8-21/h3-18,31,37H,1,19H2,2H3. The van der Waals surface area contributed by atoms with Crippen molar-refractivity contribution in [2.45, 2.75) is 19.6 Å². The van der Waals surface area contributed by atoms with Crippen LogP contribution in [-0.4, -0.2) is 29.9 Å². The maximum atomic E-state index is 10.4. The van der Waals surface area contributed by atoms with Gasteiger partial charge in [0.1, 0.15) is 12.4 Å². The number of benzene rings is 3. The van der Waals surface area contributed by atoms with Crippen LogP contribution in [0.15, 0.2) is 109 Å². The van der Waals surface area contributed by atoms with Gasteiger partial charge in [0.25, 0.3) is 0 Å². The molecule has 7 heteroatoms. The summed E-state index contributed by atoms with van der Waals surface area (Å²) in [6.07, 6.45) is 1.04. The largest absolute Gasteiger partial charge is 0.485 e. The molecule has 1 N–H and O–H groups in total. The van der Waals surface area contributed by atoms with Crippen molar-refractivity contribution in [1.29, 1.82) is 0 Å². The van der Waals surface area contributed by atoms with Gasteiger partial charge in [0.15, 0.2) is 11.5 Å². The Bertz CT molecular complexity index is 1780. The molecule has 1 unspecified atom stereocenters. The molecule has 6 rings (SSSR count). The lowest BCUT2D eigenvalue weighted by molar-refractivity contribution is 0.216. The Kier molecular flexibility index (Phi) is 6.11. The number of nitrogens with zero attached hydrogens (tertiary/aromatic N) is 5. The Morgan fingerprint density at radius 3 is 2.55 bits per heavy atom. The van der Waals surface area contributed by atoms with Gasteiger partial charge in [0.05, 0.1) is 17.3 Å². The van der Waals surface area contributed by atoms with Crippen molar-refractivity contribution in [2.24, 2.45) is 0 Å². The summed E-state index contributed by atoms with van der Waals surface area (Å²) in [6.45, 7) is 5.89. The van der Waals surface area contributed by atoms with E-state index in [2.05, 4.69) is 21.8 Å². The highest BCUT2D eigenvalue weighted by molar-refractivity contribution is 5.88. The van der Waals surface area contributed by atoms with Crippen LogP contribution in [0.25, 0.3) is 38.9 Å². The first-order valence-electron chi connectivity index (χ1n) is 12.3. The molecule has 3 heterocycles. The van der Waals surface area contributed by atoms with E-state index in [0.717, 1.165) is 38.9 Å². The summed E-state index contributed by atoms with van der Waals surface area (Å²) >= 11 is 0. The summed E-state index contributed by atoms with van der Waals surface area (Å²) in [4.78, 5) is 4.56. The highest BCUT2D eigenvalue weighted by atomic mass is 16.5. The minimum Gasteiger partial charge on any atom is -0.485 e. The number of hydrogen-bond donors (Lipinski definition) is 1. The van der Waals surface area contributed by atoms with E-state index in [4.69, 9.17) is 9.84 Å². The molecule has 0 fully saturated rings. The molecule has 0 amide bonds. The molecule has 0 aliphatic heterocycles. The lowest BCUT2D eigenvalue weighted by Gasteiger charge is -2.13. The predicted octanol–water partition coefficient (Wildman–Crippen LogP) is 6.20. The van der Waals surface area contributed by atoms with E-state index in [9.17, 15) is 5.11 Å². The zero-order chi connectivity index (χ0) is 26.1. The summed E-state index contributed by atoms with van der Waals surface area (Å²) in [6, 6.07) is 29.6. The molecule has 0 aliphatic carbocycles. The number of pyridine rings is 1. The van der Waals surface area contributed by atoms with E-state index in [1.54, 1.807) is 10.7 Å². The van der Waals surface area contributed by atoms with Gasteiger partial charge in [-0.2, -0.15) is 9.61 Å². The second-order valence-electron chi connectivity index (χ2n) is 9.17. The number of aliphatic hydroxyl groups is 1. The Balaban J connectivity index is 1.27. The maximum Gasteiger partial charge on any atom is 0.192 e. The van der Waals surface area contributed by atoms with Crippen molar-refractivity contribution >= 4 is 16.6 Å². The van der Waals surface area contributed by atoms with Crippen molar-refractivity contribution in [2.75, 3.05) is 0 Å². The monoisotopic (exact) mass is 499 g/mol. The van der Waals surface area contributed by atoms with E-state index < -0.39 is 6.10 Å². The number of hydrogen-bond acceptors (Lipinski definition) is 6. The average molecular weight is 500 g/mol. The number of fused-ring (bicyclic) bond motifs is 2. The van der Waals surface area contributed by atoms with E-state index in [1.165, 1.54) is 0 Å². The van der Waals surface area contributed by atoms with E-state index >= 15 is 0 Å². The first-order chi connectivity index (χ1) is 18.6. The zero-order valence-corrected chi connectivity index (χ0v) is 20.8. The van der Waals surface area contributed by atoms with Gasteiger partial charge < -0.3 is 9.84 Å². The zero-order valence-electron chi connectivity index (χ0n) is 20.8. The Morgan fingerprint density at radius 1 is 0.895 bits per heavy atom. The first kappa shape index (κ1) is 23.5. The molecule has 38 heavy (non-hydrogen) atoms. The van der Waals surface area contributed by atoms with Gasteiger partial charge in [-0.25, -0.2) is 0 Å². The van der Waals surface area contributed by atoms with Crippen molar-refractivity contribution in [3.05, 3.63) is 121 Å². The fourth-order valence-electron chi connectivity index (χ4n) is 4.43. The van der Waals surface area contributed by atoms with Crippen LogP contribution in [0.1, 0.15) is 24.4 Å². The lowest BCUT2D eigenvalue weighted by atomic mass is 9.97. The van der Waals surface area contributed by atoms with Gasteiger partial charge in [0.2, 0.25) is 0 Å². The van der Waals surface area contributed by atoms with Gasteiger partial charge in [-0.1, -0.05) is 61.2 Å². The van der Waals surface area contributed by atoms with Crippen LogP contribution in [0.4, 0.5) is 0 Å². The minimum absolute atomic E-state index is 0.202. The highest BCUT2D eigenvalue weighted by Gasteiger charge is 2.13. The van der Waals surface area contributed by atoms with Crippen LogP contribution in [0.2, 0.25) is 0 Å². The molecule has 7 nitrogen and oxygen atoms in total. The van der Waals surface area contributed by atoms with Gasteiger partial charge in [-0.15, -0.1) is 10.2 Å². The van der Waals surface area contributed by atoms with Crippen LogP contribution in [-0.2, 0) is 6.61 Å². The molecule has 0 saturated carbocycles. The quantitative estimate of drug-likeness (QED) is 0.264. The molecule has 0 saturated heterocycles. The SMILES string of the molecule is C=C(C)C(O)c1cccc(-c2ccc3c(OCc4nnc5ccc(-c6ccccc6)nn45)ccnc3c2)c1. The molecular weight excluding hydrogens is 474 g/mol. The summed E-state index contributed by atoms with van der Waals surface area (Å²) in [5, 5.41) is 24.6. The van der Waals surface area contributed by atoms with Crippen LogP contribution < -0.4 is 4.74 Å². The van der Waals surface area contributed by atoms with E-state index in [1.807, 2.05) is 97.9 Å². The normalized spacial score (nSPS) is 12.1. The third-order valence-electron chi connectivity index (χ3n) is 6.46. The van der Waals surface area contributed by atoms with E-state index in [-0.39, 0.29) is 6.61 Å². The molecule has 0 aliphatic rings. The van der Waals surface area contributed by atoms with Crippen molar-refractivity contribution < 1.29 is 9.84 Å². The third kappa shape index (κ3) is 4.51. The molecule has 3 aromatic carbocycles. The predicted molar refractivity (Wildman–Crippen MR) is 148 cm³/mol. The Morgan fingerprint density at radius 2 is 1.71 bits per heavy atom. The topological polar surface area (TPSA) is 85.4 Å². The van der Waals surface area contributed by atoms with Crippen molar-refractivity contribution in [1.82, 2.24) is 24.8 Å². The molecular formula is C31H25N5O2. The summed E-state index contributed by atoms with van der Waals surface area (Å²) in [7, 11) is 0. The molecule has 6 aromatic rings. The third-order valence-corrected chi connectivity index (χ3v) is 6.46. The fourth-order valence-corrected chi connectivity index (χ4v) is 4.43. The molecule has 1 atom stereocenters. The smallest absolute Gasteiger partial charge is 0.192 e. The molecule has 0 bridgehead atoms. The Labute approximate surface area is 219 Å². The van der Waals surface area contributed by atoms with Crippen LogP contribution in [0, 0.1) is 0 Å². The molecule has 3 aromatic heterocycles. The second kappa shape index (κ2) is 9.88. The van der Waals surface area contributed by atoms with Gasteiger partial charge in [0, 0.05) is 17.1 Å². The summed E-state index contributed by atoms with van der Waals surface area (Å²) < 4.78 is 7.91. The first-order valence-corrected chi connectivity index (χ1v) is 12.3. The number of rotatable bonds is 7. The lowest BCUT2D eigenvalue weighted by Crippen LogP contribution is -2.05. The Hall–Kier alpha value is -4.88. The van der Waals surface area contributed by atoms with E-state index in [0.29, 0.717) is 22.8 Å². The van der Waals surface area contributed by atoms with Crippen LogP contribution >= 0.6 is 0 Å². The average Bonchev–Trinajstić information content (AvgIpc) is 3.38. The summed E-state index contributed by atoms with van der Waals surface area (Å²) in [5.74, 6) is 1.30. The molecule has 186 valence electrons. The number of ether oxygens (including phenoxy) is 1. The van der Waals surface area contributed by atoms with Crippen LogP contribution in [0.5, 0.6) is 5.75 Å². The maximum absolute atomic E-state index is 10.4.